The molecule has 0 amide bonds. The topological polar surface area (TPSA) is 16.4 Å². The van der Waals surface area contributed by atoms with E-state index in [2.05, 4.69) is 229 Å². The summed E-state index contributed by atoms with van der Waals surface area (Å²) >= 11 is 0. The Kier molecular flexibility index (Phi) is 8.87. The van der Waals surface area contributed by atoms with Crippen LogP contribution < -0.4 is 4.90 Å². The van der Waals surface area contributed by atoms with Crippen LogP contribution in [-0.4, -0.2) is 0 Å². The van der Waals surface area contributed by atoms with Gasteiger partial charge in [0, 0.05) is 27.8 Å². The van der Waals surface area contributed by atoms with Crippen molar-refractivity contribution in [2.45, 2.75) is 0 Å². The minimum Gasteiger partial charge on any atom is -0.456 e. The minimum atomic E-state index is 0.897. The van der Waals surface area contributed by atoms with Gasteiger partial charge in [0.15, 0.2) is 0 Å². The van der Waals surface area contributed by atoms with Gasteiger partial charge in [0.05, 0.1) is 0 Å². The Hall–Kier alpha value is -7.94. The number of nitrogens with zero attached hydrogens (tertiary/aromatic N) is 1. The molecule has 11 aromatic rings. The van der Waals surface area contributed by atoms with Crippen LogP contribution in [0, 0.1) is 0 Å². The Morgan fingerprint density at radius 3 is 1.38 bits per heavy atom. The molecule has 0 unspecified atom stereocenters. The molecule has 11 rings (SSSR count). The summed E-state index contributed by atoms with van der Waals surface area (Å²) < 4.78 is 6.26. The first kappa shape index (κ1) is 35.2. The lowest BCUT2D eigenvalue weighted by atomic mass is 9.96. The molecule has 1 heterocycles. The zero-order valence-electron chi connectivity index (χ0n) is 32.9. The standard InChI is InChI=1S/C58H39NO/c1-3-13-40(14-4-1)47-37-48(41-15-5-2-6-16-41)39-51(38-47)59(50-35-31-46(32-36-50)54-22-12-24-57-58(54)55-20-9-10-23-56(55)60-57)49-33-29-43(30-34-49)42-25-27-45(28-26-42)53-21-11-18-44-17-7-8-19-52(44)53/h1-39H. The maximum Gasteiger partial charge on any atom is 0.136 e. The zero-order chi connectivity index (χ0) is 39.8. The van der Waals surface area contributed by atoms with E-state index in [1.165, 1.54) is 44.2 Å². The van der Waals surface area contributed by atoms with Crippen molar-refractivity contribution in [3.63, 3.8) is 0 Å². The fourth-order valence-corrected chi connectivity index (χ4v) is 8.71. The summed E-state index contributed by atoms with van der Waals surface area (Å²) in [4.78, 5) is 2.38. The van der Waals surface area contributed by atoms with Crippen LogP contribution in [0.5, 0.6) is 0 Å². The molecule has 0 N–H and O–H groups in total. The van der Waals surface area contributed by atoms with Crippen molar-refractivity contribution in [2.24, 2.45) is 0 Å². The molecule has 0 fully saturated rings. The van der Waals surface area contributed by atoms with Gasteiger partial charge in [0.1, 0.15) is 11.2 Å². The van der Waals surface area contributed by atoms with Crippen LogP contribution in [0.15, 0.2) is 241 Å². The summed E-state index contributed by atoms with van der Waals surface area (Å²) in [5.74, 6) is 0. The molecular weight excluding hydrogens is 727 g/mol. The quantitative estimate of drug-likeness (QED) is 0.153. The van der Waals surface area contributed by atoms with Crippen LogP contribution in [0.2, 0.25) is 0 Å². The molecular formula is C58H39NO. The van der Waals surface area contributed by atoms with Crippen molar-refractivity contribution < 1.29 is 4.42 Å². The van der Waals surface area contributed by atoms with Crippen LogP contribution >= 0.6 is 0 Å². The molecule has 0 aliphatic carbocycles. The third-order valence-electron chi connectivity index (χ3n) is 11.7. The number of benzene rings is 10. The van der Waals surface area contributed by atoms with E-state index in [1.54, 1.807) is 0 Å². The second kappa shape index (κ2) is 15.1. The lowest BCUT2D eigenvalue weighted by Gasteiger charge is -2.27. The number of para-hydroxylation sites is 1. The van der Waals surface area contributed by atoms with Crippen LogP contribution in [-0.2, 0) is 0 Å². The Bertz CT molecular complexity index is 3210. The maximum atomic E-state index is 6.26. The second-order valence-corrected chi connectivity index (χ2v) is 15.3. The van der Waals surface area contributed by atoms with Gasteiger partial charge in [-0.3, -0.25) is 0 Å². The lowest BCUT2D eigenvalue weighted by molar-refractivity contribution is 0.669. The molecule has 60 heavy (non-hydrogen) atoms. The van der Waals surface area contributed by atoms with E-state index in [0.29, 0.717) is 0 Å². The summed E-state index contributed by atoms with van der Waals surface area (Å²) in [6.45, 7) is 0. The van der Waals surface area contributed by atoms with E-state index in [0.717, 1.165) is 61.3 Å². The fraction of sp³-hybridized carbons (Fsp3) is 0. The summed E-state index contributed by atoms with van der Waals surface area (Å²) in [7, 11) is 0. The maximum absolute atomic E-state index is 6.26. The number of rotatable bonds is 8. The zero-order valence-corrected chi connectivity index (χ0v) is 32.9. The van der Waals surface area contributed by atoms with Gasteiger partial charge in [0.25, 0.3) is 0 Å². The van der Waals surface area contributed by atoms with E-state index in [9.17, 15) is 0 Å². The van der Waals surface area contributed by atoms with Gasteiger partial charge >= 0.3 is 0 Å². The molecule has 0 spiro atoms. The summed E-state index contributed by atoms with van der Waals surface area (Å²) in [5.41, 5.74) is 16.8. The molecule has 2 heteroatoms. The predicted molar refractivity (Wildman–Crippen MR) is 253 cm³/mol. The first-order valence-corrected chi connectivity index (χ1v) is 20.5. The van der Waals surface area contributed by atoms with Crippen molar-refractivity contribution in [3.8, 4) is 55.6 Å². The van der Waals surface area contributed by atoms with Gasteiger partial charge in [-0.1, -0.05) is 182 Å². The van der Waals surface area contributed by atoms with E-state index in [1.807, 2.05) is 12.1 Å². The van der Waals surface area contributed by atoms with E-state index in [4.69, 9.17) is 4.42 Å². The number of hydrogen-bond donors (Lipinski definition) is 0. The van der Waals surface area contributed by atoms with E-state index >= 15 is 0 Å². The second-order valence-electron chi connectivity index (χ2n) is 15.3. The molecule has 0 saturated heterocycles. The van der Waals surface area contributed by atoms with E-state index < -0.39 is 0 Å². The fourth-order valence-electron chi connectivity index (χ4n) is 8.71. The van der Waals surface area contributed by atoms with Gasteiger partial charge < -0.3 is 9.32 Å². The van der Waals surface area contributed by atoms with Crippen LogP contribution in [0.1, 0.15) is 0 Å². The normalized spacial score (nSPS) is 11.3. The molecule has 0 saturated carbocycles. The summed E-state index contributed by atoms with van der Waals surface area (Å²) in [6.07, 6.45) is 0. The Labute approximate surface area is 349 Å². The Morgan fingerprint density at radius 2 is 0.717 bits per heavy atom. The minimum absolute atomic E-state index is 0.897. The van der Waals surface area contributed by atoms with Crippen molar-refractivity contribution in [2.75, 3.05) is 4.90 Å². The van der Waals surface area contributed by atoms with Gasteiger partial charge in [-0.05, 0) is 121 Å². The molecule has 10 aromatic carbocycles. The van der Waals surface area contributed by atoms with Crippen LogP contribution in [0.3, 0.4) is 0 Å². The van der Waals surface area contributed by atoms with E-state index in [-0.39, 0.29) is 0 Å². The molecule has 282 valence electrons. The van der Waals surface area contributed by atoms with Crippen molar-refractivity contribution in [3.05, 3.63) is 237 Å². The summed E-state index contributed by atoms with van der Waals surface area (Å²) in [6, 6.07) is 84.9. The molecule has 0 atom stereocenters. The number of hydrogen-bond acceptors (Lipinski definition) is 2. The van der Waals surface area contributed by atoms with Gasteiger partial charge in [-0.15, -0.1) is 0 Å². The molecule has 2 nitrogen and oxygen atoms in total. The highest BCUT2D eigenvalue weighted by molar-refractivity contribution is 6.12. The highest BCUT2D eigenvalue weighted by Crippen LogP contribution is 2.42. The highest BCUT2D eigenvalue weighted by Gasteiger charge is 2.18. The first-order valence-electron chi connectivity index (χ1n) is 20.5. The molecule has 0 radical (unpaired) electrons. The monoisotopic (exact) mass is 765 g/mol. The van der Waals surface area contributed by atoms with Crippen LogP contribution in [0.25, 0.3) is 88.3 Å². The van der Waals surface area contributed by atoms with Crippen LogP contribution in [0.4, 0.5) is 17.1 Å². The highest BCUT2D eigenvalue weighted by atomic mass is 16.3. The molecule has 0 bridgehead atoms. The van der Waals surface area contributed by atoms with Crippen molar-refractivity contribution in [1.29, 1.82) is 0 Å². The first-order chi connectivity index (χ1) is 29.7. The third-order valence-corrected chi connectivity index (χ3v) is 11.7. The SMILES string of the molecule is c1ccc(-c2cc(-c3ccccc3)cc(N(c3ccc(-c4ccc(-c5cccc6ccccc56)cc4)cc3)c3ccc(-c4cccc5oc6ccccc6c45)cc3)c2)cc1. The van der Waals surface area contributed by atoms with Gasteiger partial charge in [0.2, 0.25) is 0 Å². The summed E-state index contributed by atoms with van der Waals surface area (Å²) in [5, 5.41) is 4.79. The lowest BCUT2D eigenvalue weighted by Crippen LogP contribution is -2.10. The Morgan fingerprint density at radius 1 is 0.267 bits per heavy atom. The molecule has 0 aliphatic rings. The Balaban J connectivity index is 1.01. The largest absolute Gasteiger partial charge is 0.456 e. The number of fused-ring (bicyclic) bond motifs is 4. The average molecular weight is 766 g/mol. The average Bonchev–Trinajstić information content (AvgIpc) is 3.72. The molecule has 1 aromatic heterocycles. The molecule has 0 aliphatic heterocycles. The van der Waals surface area contributed by atoms with Crippen molar-refractivity contribution in [1.82, 2.24) is 0 Å². The third kappa shape index (κ3) is 6.51. The van der Waals surface area contributed by atoms with Gasteiger partial charge in [-0.25, -0.2) is 0 Å². The number of furan rings is 1. The number of anilines is 3. The predicted octanol–water partition coefficient (Wildman–Crippen LogP) is 16.5. The van der Waals surface area contributed by atoms with Gasteiger partial charge in [-0.2, -0.15) is 0 Å². The van der Waals surface area contributed by atoms with Crippen molar-refractivity contribution >= 4 is 49.8 Å². The smallest absolute Gasteiger partial charge is 0.136 e.